The van der Waals surface area contributed by atoms with E-state index >= 15 is 0 Å². The van der Waals surface area contributed by atoms with Crippen LogP contribution in [-0.4, -0.2) is 11.8 Å². The zero-order valence-corrected chi connectivity index (χ0v) is 9.56. The third-order valence-corrected chi connectivity index (χ3v) is 3.11. The van der Waals surface area contributed by atoms with Crippen molar-refractivity contribution in [2.45, 2.75) is 39.2 Å². The van der Waals surface area contributed by atoms with Crippen molar-refractivity contribution in [2.75, 3.05) is 0 Å². The summed E-state index contributed by atoms with van der Waals surface area (Å²) in [5.41, 5.74) is 6.67. The molecule has 1 aromatic heterocycles. The van der Waals surface area contributed by atoms with Crippen molar-refractivity contribution in [3.05, 3.63) is 21.9 Å². The molecule has 78 valence electrons. The maximum Gasteiger partial charge on any atom is 0.165 e. The fourth-order valence-electron chi connectivity index (χ4n) is 1.50. The van der Waals surface area contributed by atoms with Crippen LogP contribution in [0.15, 0.2) is 11.4 Å². The summed E-state index contributed by atoms with van der Waals surface area (Å²) >= 11 is 1.61. The highest BCUT2D eigenvalue weighted by molar-refractivity contribution is 7.10. The summed E-state index contributed by atoms with van der Waals surface area (Å²) < 4.78 is 0. The maximum atomic E-state index is 11.7. The van der Waals surface area contributed by atoms with Crippen LogP contribution in [0, 0.1) is 6.92 Å². The molecule has 0 aliphatic rings. The van der Waals surface area contributed by atoms with E-state index in [1.807, 2.05) is 18.4 Å². The summed E-state index contributed by atoms with van der Waals surface area (Å²) in [6.45, 7) is 4.06. The lowest BCUT2D eigenvalue weighted by Gasteiger charge is -2.08. The highest BCUT2D eigenvalue weighted by atomic mass is 32.1. The first-order valence-electron chi connectivity index (χ1n) is 4.98. The minimum absolute atomic E-state index is 0.0202. The van der Waals surface area contributed by atoms with Gasteiger partial charge in [-0.05, 0) is 24.8 Å². The second-order valence-corrected chi connectivity index (χ2v) is 4.69. The number of ketones is 1. The number of hydrogen-bond acceptors (Lipinski definition) is 3. The number of Topliss-reactive ketones (excluding diaryl/α,β-unsaturated/α-hetero) is 1. The molecule has 0 radical (unpaired) electrons. The predicted molar refractivity (Wildman–Crippen MR) is 60.9 cm³/mol. The molecule has 0 spiro atoms. The summed E-state index contributed by atoms with van der Waals surface area (Å²) in [7, 11) is 0. The number of thiophene rings is 1. The average Bonchev–Trinajstić information content (AvgIpc) is 2.51. The highest BCUT2D eigenvalue weighted by Crippen LogP contribution is 2.17. The highest BCUT2D eigenvalue weighted by Gasteiger charge is 2.13. The van der Waals surface area contributed by atoms with Gasteiger partial charge in [0, 0.05) is 22.9 Å². The summed E-state index contributed by atoms with van der Waals surface area (Å²) in [6, 6.07) is 1.91. The van der Waals surface area contributed by atoms with E-state index in [1.165, 1.54) is 0 Å². The molecule has 0 saturated heterocycles. The third-order valence-electron chi connectivity index (χ3n) is 2.27. The van der Waals surface area contributed by atoms with E-state index in [-0.39, 0.29) is 11.8 Å². The molecule has 0 aromatic carbocycles. The number of aryl methyl sites for hydroxylation is 1. The van der Waals surface area contributed by atoms with Crippen LogP contribution in [0.4, 0.5) is 0 Å². The molecule has 2 N–H and O–H groups in total. The van der Waals surface area contributed by atoms with Crippen LogP contribution in [0.2, 0.25) is 0 Å². The lowest BCUT2D eigenvalue weighted by Crippen LogP contribution is -2.23. The first kappa shape index (κ1) is 11.4. The first-order valence-corrected chi connectivity index (χ1v) is 5.86. The van der Waals surface area contributed by atoms with Crippen molar-refractivity contribution in [3.63, 3.8) is 0 Å². The van der Waals surface area contributed by atoms with Gasteiger partial charge < -0.3 is 5.73 Å². The standard InChI is InChI=1S/C11H17NOS/c1-3-4-9(12)7-11(13)10-5-6-14-8(10)2/h5-6,9H,3-4,7,12H2,1-2H3. The van der Waals surface area contributed by atoms with E-state index in [1.54, 1.807) is 11.3 Å². The van der Waals surface area contributed by atoms with Crippen molar-refractivity contribution < 1.29 is 4.79 Å². The third kappa shape index (κ3) is 2.93. The van der Waals surface area contributed by atoms with Gasteiger partial charge in [0.05, 0.1) is 0 Å². The molecular weight excluding hydrogens is 194 g/mol. The van der Waals surface area contributed by atoms with Gasteiger partial charge in [-0.3, -0.25) is 4.79 Å². The van der Waals surface area contributed by atoms with Gasteiger partial charge in [-0.2, -0.15) is 0 Å². The fourth-order valence-corrected chi connectivity index (χ4v) is 2.21. The Bertz CT molecular complexity index is 306. The zero-order chi connectivity index (χ0) is 10.6. The number of rotatable bonds is 5. The van der Waals surface area contributed by atoms with Crippen LogP contribution < -0.4 is 5.73 Å². The molecule has 1 rings (SSSR count). The van der Waals surface area contributed by atoms with Gasteiger partial charge in [0.15, 0.2) is 5.78 Å². The van der Waals surface area contributed by atoms with E-state index < -0.39 is 0 Å². The summed E-state index contributed by atoms with van der Waals surface area (Å²) in [6.07, 6.45) is 2.44. The number of nitrogens with two attached hydrogens (primary N) is 1. The molecule has 0 aliphatic heterocycles. The molecule has 3 heteroatoms. The SMILES string of the molecule is CCCC(N)CC(=O)c1ccsc1C. The minimum atomic E-state index is 0.0202. The topological polar surface area (TPSA) is 43.1 Å². The van der Waals surface area contributed by atoms with E-state index in [0.29, 0.717) is 6.42 Å². The molecule has 1 unspecified atom stereocenters. The number of carbonyl (C=O) groups is 1. The Kier molecular flexibility index (Phi) is 4.29. The second-order valence-electron chi connectivity index (χ2n) is 3.57. The maximum absolute atomic E-state index is 11.7. The molecule has 1 aromatic rings. The van der Waals surface area contributed by atoms with Gasteiger partial charge in [0.2, 0.25) is 0 Å². The monoisotopic (exact) mass is 211 g/mol. The normalized spacial score (nSPS) is 12.8. The van der Waals surface area contributed by atoms with Crippen LogP contribution in [-0.2, 0) is 0 Å². The van der Waals surface area contributed by atoms with Gasteiger partial charge in [0.1, 0.15) is 0 Å². The minimum Gasteiger partial charge on any atom is -0.327 e. The van der Waals surface area contributed by atoms with Crippen molar-refractivity contribution in [2.24, 2.45) is 5.73 Å². The molecule has 0 fully saturated rings. The Balaban J connectivity index is 2.55. The molecule has 2 nitrogen and oxygen atoms in total. The second kappa shape index (κ2) is 5.27. The molecule has 1 heterocycles. The molecule has 0 aliphatic carbocycles. The first-order chi connectivity index (χ1) is 6.65. The Hall–Kier alpha value is -0.670. The van der Waals surface area contributed by atoms with E-state index in [4.69, 9.17) is 5.73 Å². The molecule has 0 bridgehead atoms. The number of hydrogen-bond donors (Lipinski definition) is 1. The van der Waals surface area contributed by atoms with E-state index in [9.17, 15) is 4.79 Å². The smallest absolute Gasteiger partial charge is 0.165 e. The molecule has 0 saturated carbocycles. The largest absolute Gasteiger partial charge is 0.327 e. The zero-order valence-electron chi connectivity index (χ0n) is 8.75. The Morgan fingerprint density at radius 1 is 1.64 bits per heavy atom. The van der Waals surface area contributed by atoms with Crippen molar-refractivity contribution in [3.8, 4) is 0 Å². The Morgan fingerprint density at radius 3 is 2.86 bits per heavy atom. The van der Waals surface area contributed by atoms with Crippen LogP contribution in [0.1, 0.15) is 41.4 Å². The van der Waals surface area contributed by atoms with E-state index in [2.05, 4.69) is 6.92 Å². The molecule has 0 amide bonds. The lowest BCUT2D eigenvalue weighted by atomic mass is 10.0. The Labute approximate surface area is 89.1 Å². The van der Waals surface area contributed by atoms with Crippen molar-refractivity contribution >= 4 is 17.1 Å². The van der Waals surface area contributed by atoms with Crippen LogP contribution in [0.25, 0.3) is 0 Å². The average molecular weight is 211 g/mol. The molecule has 14 heavy (non-hydrogen) atoms. The van der Waals surface area contributed by atoms with E-state index in [0.717, 1.165) is 23.3 Å². The van der Waals surface area contributed by atoms with Gasteiger partial charge in [-0.25, -0.2) is 0 Å². The van der Waals surface area contributed by atoms with Crippen LogP contribution >= 0.6 is 11.3 Å². The van der Waals surface area contributed by atoms with Gasteiger partial charge in [0.25, 0.3) is 0 Å². The number of carbonyl (C=O) groups excluding carboxylic acids is 1. The van der Waals surface area contributed by atoms with Gasteiger partial charge in [-0.15, -0.1) is 11.3 Å². The Morgan fingerprint density at radius 2 is 2.36 bits per heavy atom. The quantitative estimate of drug-likeness (QED) is 0.761. The summed E-state index contributed by atoms with van der Waals surface area (Å²) in [5, 5.41) is 1.95. The van der Waals surface area contributed by atoms with Crippen LogP contribution in [0.3, 0.4) is 0 Å². The van der Waals surface area contributed by atoms with Crippen molar-refractivity contribution in [1.82, 2.24) is 0 Å². The molecular formula is C11H17NOS. The lowest BCUT2D eigenvalue weighted by molar-refractivity contribution is 0.0973. The van der Waals surface area contributed by atoms with Gasteiger partial charge >= 0.3 is 0 Å². The van der Waals surface area contributed by atoms with Crippen LogP contribution in [0.5, 0.6) is 0 Å². The summed E-state index contributed by atoms with van der Waals surface area (Å²) in [5.74, 6) is 0.185. The van der Waals surface area contributed by atoms with Gasteiger partial charge in [-0.1, -0.05) is 13.3 Å². The fraction of sp³-hybridized carbons (Fsp3) is 0.545. The van der Waals surface area contributed by atoms with Crippen molar-refractivity contribution in [1.29, 1.82) is 0 Å². The molecule has 1 atom stereocenters. The summed E-state index contributed by atoms with van der Waals surface area (Å²) in [4.78, 5) is 12.8. The predicted octanol–water partition coefficient (Wildman–Crippen LogP) is 2.76.